The molecular formula is C21H36O6. The third-order valence-electron chi connectivity index (χ3n) is 7.44. The van der Waals surface area contributed by atoms with Gasteiger partial charge in [-0.05, 0) is 63.2 Å². The maximum atomic E-state index is 10.4. The van der Waals surface area contributed by atoms with Gasteiger partial charge in [-0.25, -0.2) is 0 Å². The predicted octanol–water partition coefficient (Wildman–Crippen LogP) is 1.60. The summed E-state index contributed by atoms with van der Waals surface area (Å²) in [7, 11) is 0. The van der Waals surface area contributed by atoms with E-state index in [4.69, 9.17) is 9.47 Å². The van der Waals surface area contributed by atoms with Crippen molar-refractivity contribution in [1.29, 1.82) is 0 Å². The van der Waals surface area contributed by atoms with E-state index >= 15 is 0 Å². The van der Waals surface area contributed by atoms with Gasteiger partial charge in [0.25, 0.3) is 0 Å². The standard InChI is InChI=1S/C21H36O6/c1-11(2)13-7-8-21(4,15-6-5-12(3)14(15)9-13)27-20-19(25)18(24)17(23)16(10-22)26-20/h12-20,22-25H,1,5-10H2,2-4H3. The fraction of sp³-hybridized carbons (Fsp3) is 0.905. The molecule has 1 heterocycles. The molecule has 6 nitrogen and oxygen atoms in total. The highest BCUT2D eigenvalue weighted by Gasteiger charge is 2.52. The summed E-state index contributed by atoms with van der Waals surface area (Å²) in [6.45, 7) is 10.2. The van der Waals surface area contributed by atoms with Gasteiger partial charge in [-0.2, -0.15) is 0 Å². The highest BCUT2D eigenvalue weighted by atomic mass is 16.7. The zero-order valence-corrected chi connectivity index (χ0v) is 16.8. The van der Waals surface area contributed by atoms with Gasteiger partial charge in [0.15, 0.2) is 6.29 Å². The second-order valence-corrected chi connectivity index (χ2v) is 9.27. The Morgan fingerprint density at radius 2 is 1.85 bits per heavy atom. The summed E-state index contributed by atoms with van der Waals surface area (Å²) < 4.78 is 12.0. The Morgan fingerprint density at radius 3 is 2.48 bits per heavy atom. The van der Waals surface area contributed by atoms with Crippen molar-refractivity contribution in [1.82, 2.24) is 0 Å². The van der Waals surface area contributed by atoms with E-state index in [1.165, 1.54) is 5.57 Å². The highest BCUT2D eigenvalue weighted by molar-refractivity contribution is 5.05. The van der Waals surface area contributed by atoms with Crippen LogP contribution >= 0.6 is 0 Å². The Labute approximate surface area is 162 Å². The minimum atomic E-state index is -1.41. The summed E-state index contributed by atoms with van der Waals surface area (Å²) in [6, 6.07) is 0. The first-order chi connectivity index (χ1) is 12.7. The average molecular weight is 385 g/mol. The van der Waals surface area contributed by atoms with Crippen molar-refractivity contribution in [3.05, 3.63) is 12.2 Å². The lowest BCUT2D eigenvalue weighted by Gasteiger charge is -2.46. The normalized spacial score (nSPS) is 50.9. The van der Waals surface area contributed by atoms with Gasteiger partial charge < -0.3 is 29.9 Å². The van der Waals surface area contributed by atoms with Crippen LogP contribution in [0.5, 0.6) is 0 Å². The molecule has 2 saturated carbocycles. The molecule has 1 aliphatic heterocycles. The molecule has 27 heavy (non-hydrogen) atoms. The van der Waals surface area contributed by atoms with Crippen LogP contribution < -0.4 is 0 Å². The summed E-state index contributed by atoms with van der Waals surface area (Å²) in [5, 5.41) is 40.0. The molecule has 4 N–H and O–H groups in total. The number of hydrogen-bond acceptors (Lipinski definition) is 6. The van der Waals surface area contributed by atoms with Crippen LogP contribution in [-0.2, 0) is 9.47 Å². The Morgan fingerprint density at radius 1 is 1.15 bits per heavy atom. The van der Waals surface area contributed by atoms with E-state index in [1.54, 1.807) is 0 Å². The van der Waals surface area contributed by atoms with E-state index < -0.39 is 42.9 Å². The number of allylic oxidation sites excluding steroid dienone is 1. The van der Waals surface area contributed by atoms with Crippen molar-refractivity contribution in [2.45, 2.75) is 89.2 Å². The van der Waals surface area contributed by atoms with Crippen molar-refractivity contribution < 1.29 is 29.9 Å². The molecule has 0 aromatic carbocycles. The van der Waals surface area contributed by atoms with Crippen molar-refractivity contribution in [2.24, 2.45) is 23.7 Å². The van der Waals surface area contributed by atoms with Gasteiger partial charge in [-0.3, -0.25) is 0 Å². The Balaban J connectivity index is 1.82. The van der Waals surface area contributed by atoms with Crippen LogP contribution in [0.25, 0.3) is 0 Å². The molecule has 0 bridgehead atoms. The van der Waals surface area contributed by atoms with Crippen LogP contribution in [0.1, 0.15) is 52.9 Å². The van der Waals surface area contributed by atoms with Gasteiger partial charge in [-0.15, -0.1) is 0 Å². The molecule has 0 spiro atoms. The van der Waals surface area contributed by atoms with Crippen LogP contribution in [0.15, 0.2) is 12.2 Å². The van der Waals surface area contributed by atoms with E-state index in [0.29, 0.717) is 23.7 Å². The lowest BCUT2D eigenvalue weighted by Crippen LogP contribution is -2.61. The van der Waals surface area contributed by atoms with E-state index in [2.05, 4.69) is 27.4 Å². The first kappa shape index (κ1) is 21.2. The minimum absolute atomic E-state index is 0.351. The Hall–Kier alpha value is -0.500. The minimum Gasteiger partial charge on any atom is -0.394 e. The molecular weight excluding hydrogens is 348 g/mol. The second kappa shape index (κ2) is 8.09. The number of hydrogen-bond donors (Lipinski definition) is 4. The molecule has 1 saturated heterocycles. The number of fused-ring (bicyclic) bond motifs is 1. The van der Waals surface area contributed by atoms with Gasteiger partial charge in [0.05, 0.1) is 12.2 Å². The van der Waals surface area contributed by atoms with Crippen molar-refractivity contribution >= 4 is 0 Å². The van der Waals surface area contributed by atoms with Crippen LogP contribution in [0, 0.1) is 23.7 Å². The molecule has 0 aromatic heterocycles. The first-order valence-corrected chi connectivity index (χ1v) is 10.3. The van der Waals surface area contributed by atoms with Crippen molar-refractivity contribution in [3.8, 4) is 0 Å². The largest absolute Gasteiger partial charge is 0.394 e. The third kappa shape index (κ3) is 3.98. The van der Waals surface area contributed by atoms with E-state index in [-0.39, 0.29) is 0 Å². The Kier molecular flexibility index (Phi) is 6.36. The van der Waals surface area contributed by atoms with Gasteiger partial charge in [0.2, 0.25) is 0 Å². The summed E-state index contributed by atoms with van der Waals surface area (Å²) >= 11 is 0. The third-order valence-corrected chi connectivity index (χ3v) is 7.44. The van der Waals surface area contributed by atoms with Gasteiger partial charge in [0, 0.05) is 0 Å². The summed E-state index contributed by atoms with van der Waals surface area (Å²) in [5.41, 5.74) is 0.720. The monoisotopic (exact) mass is 384 g/mol. The van der Waals surface area contributed by atoms with Gasteiger partial charge in [0.1, 0.15) is 24.4 Å². The summed E-state index contributed by atoms with van der Waals surface area (Å²) in [5.74, 6) is 1.97. The average Bonchev–Trinajstić information content (AvgIpc) is 2.92. The van der Waals surface area contributed by atoms with Crippen LogP contribution in [0.4, 0.5) is 0 Å². The molecule has 6 heteroatoms. The van der Waals surface area contributed by atoms with Gasteiger partial charge in [-0.1, -0.05) is 25.5 Å². The van der Waals surface area contributed by atoms with Gasteiger partial charge >= 0.3 is 0 Å². The summed E-state index contributed by atoms with van der Waals surface area (Å²) in [4.78, 5) is 0. The molecule has 0 radical (unpaired) electrons. The fourth-order valence-electron chi connectivity index (χ4n) is 5.54. The number of aliphatic hydroxyl groups is 4. The molecule has 0 aromatic rings. The molecule has 3 fully saturated rings. The fourth-order valence-corrected chi connectivity index (χ4v) is 5.54. The van der Waals surface area contributed by atoms with Crippen LogP contribution in [0.2, 0.25) is 0 Å². The SMILES string of the molecule is C=C(C)C1CCC(C)(OC2OC(CO)C(O)C(O)C2O)C2CCC(C)C2C1. The summed E-state index contributed by atoms with van der Waals surface area (Å²) in [6.07, 6.45) is -0.972. The lowest BCUT2D eigenvalue weighted by molar-refractivity contribution is -0.332. The maximum absolute atomic E-state index is 10.4. The van der Waals surface area contributed by atoms with E-state index in [0.717, 1.165) is 32.1 Å². The molecule has 156 valence electrons. The van der Waals surface area contributed by atoms with Crippen LogP contribution in [-0.4, -0.2) is 63.3 Å². The number of ether oxygens (including phenoxy) is 2. The van der Waals surface area contributed by atoms with Crippen LogP contribution in [0.3, 0.4) is 0 Å². The smallest absolute Gasteiger partial charge is 0.187 e. The molecule has 2 aliphatic carbocycles. The molecule has 10 unspecified atom stereocenters. The zero-order chi connectivity index (χ0) is 19.9. The highest BCUT2D eigenvalue weighted by Crippen LogP contribution is 2.53. The van der Waals surface area contributed by atoms with E-state index in [9.17, 15) is 20.4 Å². The second-order valence-electron chi connectivity index (χ2n) is 9.27. The van der Waals surface area contributed by atoms with E-state index in [1.807, 2.05) is 0 Å². The lowest BCUT2D eigenvalue weighted by atomic mass is 9.77. The van der Waals surface area contributed by atoms with Crippen molar-refractivity contribution in [3.63, 3.8) is 0 Å². The number of aliphatic hydroxyl groups excluding tert-OH is 4. The quantitative estimate of drug-likeness (QED) is 0.550. The predicted molar refractivity (Wildman–Crippen MR) is 101 cm³/mol. The first-order valence-electron chi connectivity index (χ1n) is 10.3. The Bertz CT molecular complexity index is 537. The molecule has 0 amide bonds. The maximum Gasteiger partial charge on any atom is 0.187 e. The number of rotatable bonds is 4. The van der Waals surface area contributed by atoms with Crippen molar-refractivity contribution in [2.75, 3.05) is 6.61 Å². The topological polar surface area (TPSA) is 99.4 Å². The molecule has 10 atom stereocenters. The zero-order valence-electron chi connectivity index (χ0n) is 16.8. The molecule has 3 aliphatic rings. The molecule has 3 rings (SSSR count).